The molecule has 1 atom stereocenters. The molecule has 0 spiro atoms. The number of carbonyl (C=O) groups is 1. The van der Waals surface area contributed by atoms with Gasteiger partial charge in [-0.05, 0) is 30.9 Å². The quantitative estimate of drug-likeness (QED) is 0.848. The van der Waals surface area contributed by atoms with E-state index in [1.807, 2.05) is 30.6 Å². The van der Waals surface area contributed by atoms with Crippen LogP contribution < -0.4 is 5.32 Å². The van der Waals surface area contributed by atoms with Gasteiger partial charge in [0.15, 0.2) is 0 Å². The Balaban J connectivity index is 1.49. The van der Waals surface area contributed by atoms with Gasteiger partial charge in [-0.15, -0.1) is 0 Å². The van der Waals surface area contributed by atoms with Crippen molar-refractivity contribution in [2.75, 3.05) is 6.54 Å². The number of benzene rings is 1. The van der Waals surface area contributed by atoms with Crippen LogP contribution in [0.4, 0.5) is 0 Å². The van der Waals surface area contributed by atoms with E-state index in [0.29, 0.717) is 18.9 Å². The van der Waals surface area contributed by atoms with Crippen LogP contribution in [-0.2, 0) is 11.3 Å². The second-order valence-corrected chi connectivity index (χ2v) is 5.25. The van der Waals surface area contributed by atoms with Gasteiger partial charge in [-0.1, -0.05) is 24.3 Å². The molecule has 0 saturated heterocycles. The highest BCUT2D eigenvalue weighted by Crippen LogP contribution is 2.19. The second kappa shape index (κ2) is 5.90. The average Bonchev–Trinajstić information content (AvgIpc) is 3.09. The third-order valence-electron chi connectivity index (χ3n) is 3.76. The van der Waals surface area contributed by atoms with Crippen molar-refractivity contribution in [2.45, 2.75) is 25.8 Å². The van der Waals surface area contributed by atoms with Crippen molar-refractivity contribution in [3.63, 3.8) is 0 Å². The van der Waals surface area contributed by atoms with Crippen LogP contribution in [0, 0.1) is 5.92 Å². The fraction of sp³-hybridized carbons (Fsp3) is 0.375. The van der Waals surface area contributed by atoms with Gasteiger partial charge in [0.25, 0.3) is 0 Å². The number of nitrogens with zero attached hydrogens (tertiary/aromatic N) is 2. The van der Waals surface area contributed by atoms with Crippen LogP contribution in [0.25, 0.3) is 11.0 Å². The van der Waals surface area contributed by atoms with Gasteiger partial charge in [-0.25, -0.2) is 4.98 Å². The van der Waals surface area contributed by atoms with Gasteiger partial charge in [0.1, 0.15) is 0 Å². The summed E-state index contributed by atoms with van der Waals surface area (Å²) in [5.74, 6) is 0.579. The zero-order chi connectivity index (χ0) is 13.8. The predicted octanol–water partition coefficient (Wildman–Crippen LogP) is 2.51. The molecule has 0 radical (unpaired) electrons. The summed E-state index contributed by atoms with van der Waals surface area (Å²) in [5, 5.41) is 2.99. The Kier molecular flexibility index (Phi) is 3.81. The molecule has 0 bridgehead atoms. The Labute approximate surface area is 118 Å². The summed E-state index contributed by atoms with van der Waals surface area (Å²) < 4.78 is 2.07. The summed E-state index contributed by atoms with van der Waals surface area (Å²) in [6, 6.07) is 8.03. The fourth-order valence-corrected chi connectivity index (χ4v) is 2.68. The minimum Gasteiger partial charge on any atom is -0.354 e. The van der Waals surface area contributed by atoms with Crippen molar-refractivity contribution in [1.82, 2.24) is 14.9 Å². The molecule has 1 aromatic heterocycles. The SMILES string of the molecule is O=C(C[C@H]1C=CCC1)NCCn1cnc2ccccc21. The molecule has 2 aromatic rings. The van der Waals surface area contributed by atoms with E-state index in [-0.39, 0.29) is 5.91 Å². The Morgan fingerprint density at radius 2 is 2.30 bits per heavy atom. The molecule has 1 aromatic carbocycles. The number of allylic oxidation sites excluding steroid dienone is 2. The molecule has 1 N–H and O–H groups in total. The number of fused-ring (bicyclic) bond motifs is 1. The number of imidazole rings is 1. The van der Waals surface area contributed by atoms with Crippen molar-refractivity contribution in [3.05, 3.63) is 42.7 Å². The molecule has 1 amide bonds. The van der Waals surface area contributed by atoms with E-state index in [1.165, 1.54) is 0 Å². The minimum absolute atomic E-state index is 0.144. The summed E-state index contributed by atoms with van der Waals surface area (Å²) in [6.45, 7) is 1.41. The van der Waals surface area contributed by atoms with E-state index >= 15 is 0 Å². The number of hydrogen-bond acceptors (Lipinski definition) is 2. The number of hydrogen-bond donors (Lipinski definition) is 1. The van der Waals surface area contributed by atoms with E-state index in [0.717, 1.165) is 30.4 Å². The lowest BCUT2D eigenvalue weighted by atomic mass is 10.1. The predicted molar refractivity (Wildman–Crippen MR) is 79.2 cm³/mol. The van der Waals surface area contributed by atoms with Crippen molar-refractivity contribution >= 4 is 16.9 Å². The number of amides is 1. The molecule has 4 nitrogen and oxygen atoms in total. The number of aromatic nitrogens is 2. The monoisotopic (exact) mass is 269 g/mol. The molecule has 4 heteroatoms. The Morgan fingerprint density at radius 1 is 1.40 bits per heavy atom. The van der Waals surface area contributed by atoms with Crippen LogP contribution in [0.3, 0.4) is 0 Å². The molecule has 1 aliphatic carbocycles. The smallest absolute Gasteiger partial charge is 0.220 e. The first-order valence-corrected chi connectivity index (χ1v) is 7.16. The molecule has 20 heavy (non-hydrogen) atoms. The van der Waals surface area contributed by atoms with E-state index in [9.17, 15) is 4.79 Å². The first kappa shape index (κ1) is 12.9. The van der Waals surface area contributed by atoms with Crippen molar-refractivity contribution in [1.29, 1.82) is 0 Å². The average molecular weight is 269 g/mol. The largest absolute Gasteiger partial charge is 0.354 e. The number of carbonyl (C=O) groups excluding carboxylic acids is 1. The van der Waals surface area contributed by atoms with Crippen LogP contribution in [0.2, 0.25) is 0 Å². The summed E-state index contributed by atoms with van der Waals surface area (Å²) in [4.78, 5) is 16.2. The Hall–Kier alpha value is -2.10. The first-order valence-electron chi connectivity index (χ1n) is 7.16. The highest BCUT2D eigenvalue weighted by atomic mass is 16.1. The van der Waals surface area contributed by atoms with Crippen LogP contribution in [0.15, 0.2) is 42.7 Å². The van der Waals surface area contributed by atoms with Crippen LogP contribution in [0.5, 0.6) is 0 Å². The second-order valence-electron chi connectivity index (χ2n) is 5.25. The maximum absolute atomic E-state index is 11.8. The van der Waals surface area contributed by atoms with E-state index in [1.54, 1.807) is 0 Å². The topological polar surface area (TPSA) is 46.9 Å². The van der Waals surface area contributed by atoms with Crippen molar-refractivity contribution < 1.29 is 4.79 Å². The zero-order valence-corrected chi connectivity index (χ0v) is 11.5. The summed E-state index contributed by atoms with van der Waals surface area (Å²) in [6.07, 6.45) is 8.98. The van der Waals surface area contributed by atoms with E-state index in [2.05, 4.69) is 27.0 Å². The summed E-state index contributed by atoms with van der Waals surface area (Å²) in [5.41, 5.74) is 2.11. The summed E-state index contributed by atoms with van der Waals surface area (Å²) >= 11 is 0. The van der Waals surface area contributed by atoms with Gasteiger partial charge < -0.3 is 9.88 Å². The molecule has 0 aliphatic heterocycles. The van der Waals surface area contributed by atoms with Gasteiger partial charge >= 0.3 is 0 Å². The highest BCUT2D eigenvalue weighted by Gasteiger charge is 2.13. The maximum Gasteiger partial charge on any atom is 0.220 e. The number of nitrogens with one attached hydrogen (secondary N) is 1. The first-order chi connectivity index (χ1) is 9.83. The standard InChI is InChI=1S/C16H19N3O/c20-16(11-13-5-1-2-6-13)17-9-10-19-12-18-14-7-3-4-8-15(14)19/h1,3-5,7-8,12-13H,2,6,9-11H2,(H,17,20)/t13-/m0/s1. The van der Waals surface area contributed by atoms with Crippen LogP contribution in [0.1, 0.15) is 19.3 Å². The molecule has 0 saturated carbocycles. The minimum atomic E-state index is 0.144. The molecule has 104 valence electrons. The normalized spacial score (nSPS) is 17.7. The molecule has 3 rings (SSSR count). The van der Waals surface area contributed by atoms with Gasteiger partial charge in [-0.2, -0.15) is 0 Å². The molecule has 1 aliphatic rings. The van der Waals surface area contributed by atoms with Crippen LogP contribution >= 0.6 is 0 Å². The third kappa shape index (κ3) is 2.90. The number of para-hydroxylation sites is 2. The van der Waals surface area contributed by atoms with Gasteiger partial charge in [0, 0.05) is 19.5 Å². The van der Waals surface area contributed by atoms with Gasteiger partial charge in [0.2, 0.25) is 5.91 Å². The molecular weight excluding hydrogens is 250 g/mol. The van der Waals surface area contributed by atoms with Gasteiger partial charge in [0.05, 0.1) is 17.4 Å². The van der Waals surface area contributed by atoms with Crippen molar-refractivity contribution in [2.24, 2.45) is 5.92 Å². The van der Waals surface area contributed by atoms with Gasteiger partial charge in [-0.3, -0.25) is 4.79 Å². The van der Waals surface area contributed by atoms with Crippen molar-refractivity contribution in [3.8, 4) is 0 Å². The third-order valence-corrected chi connectivity index (χ3v) is 3.76. The molecule has 0 fully saturated rings. The molecule has 1 heterocycles. The summed E-state index contributed by atoms with van der Waals surface area (Å²) in [7, 11) is 0. The molecular formula is C16H19N3O. The Bertz CT molecular complexity index is 629. The lowest BCUT2D eigenvalue weighted by molar-refractivity contribution is -0.121. The lowest BCUT2D eigenvalue weighted by Gasteiger charge is -2.09. The zero-order valence-electron chi connectivity index (χ0n) is 11.5. The lowest BCUT2D eigenvalue weighted by Crippen LogP contribution is -2.28. The van der Waals surface area contributed by atoms with E-state index in [4.69, 9.17) is 0 Å². The number of rotatable bonds is 5. The fourth-order valence-electron chi connectivity index (χ4n) is 2.68. The Morgan fingerprint density at radius 3 is 3.15 bits per heavy atom. The van der Waals surface area contributed by atoms with E-state index < -0.39 is 0 Å². The highest BCUT2D eigenvalue weighted by molar-refractivity contribution is 5.76. The van der Waals surface area contributed by atoms with Crippen LogP contribution in [-0.4, -0.2) is 22.0 Å². The molecule has 0 unspecified atom stereocenters. The maximum atomic E-state index is 11.8.